The largest absolute Gasteiger partial charge is 0.478 e. The molecule has 0 aliphatic heterocycles. The van der Waals surface area contributed by atoms with Gasteiger partial charge in [0.25, 0.3) is 0 Å². The van der Waals surface area contributed by atoms with E-state index in [2.05, 4.69) is 9.97 Å². The van der Waals surface area contributed by atoms with E-state index in [9.17, 15) is 9.90 Å². The van der Waals surface area contributed by atoms with Gasteiger partial charge in [0.05, 0.1) is 34.1 Å². The fourth-order valence-electron chi connectivity index (χ4n) is 2.07. The first kappa shape index (κ1) is 11.9. The Morgan fingerprint density at radius 2 is 2.26 bits per heavy atom. The summed E-state index contributed by atoms with van der Waals surface area (Å²) >= 11 is 1.56. The van der Waals surface area contributed by atoms with E-state index < -0.39 is 5.97 Å². The molecule has 3 aromatic rings. The van der Waals surface area contributed by atoms with E-state index in [1.807, 2.05) is 16.0 Å². The maximum atomic E-state index is 11.2. The Balaban J connectivity index is 1.97. The van der Waals surface area contributed by atoms with Crippen molar-refractivity contribution in [3.63, 3.8) is 0 Å². The molecule has 0 bridgehead atoms. The first-order valence-electron chi connectivity index (χ1n) is 5.80. The molecule has 0 unspecified atom stereocenters. The van der Waals surface area contributed by atoms with Crippen LogP contribution in [-0.2, 0) is 13.0 Å². The van der Waals surface area contributed by atoms with Crippen molar-refractivity contribution in [3.8, 4) is 0 Å². The highest BCUT2D eigenvalue weighted by molar-refractivity contribution is 7.07. The Kier molecular flexibility index (Phi) is 3.00. The Hall–Kier alpha value is -2.21. The minimum atomic E-state index is -0.930. The molecular weight excluding hydrogens is 262 g/mol. The first-order chi connectivity index (χ1) is 9.25. The van der Waals surface area contributed by atoms with Crippen LogP contribution in [0.4, 0.5) is 0 Å². The zero-order valence-corrected chi connectivity index (χ0v) is 10.8. The van der Waals surface area contributed by atoms with E-state index >= 15 is 0 Å². The number of carboxylic acid groups (broad SMARTS) is 1. The number of aromatic nitrogens is 3. The summed E-state index contributed by atoms with van der Waals surface area (Å²) in [5, 5.41) is 11.2. The molecule has 1 N–H and O–H groups in total. The molecule has 6 heteroatoms. The van der Waals surface area contributed by atoms with Crippen molar-refractivity contribution in [2.75, 3.05) is 0 Å². The molecule has 5 nitrogen and oxygen atoms in total. The molecule has 2 heterocycles. The fourth-order valence-corrected chi connectivity index (χ4v) is 2.66. The summed E-state index contributed by atoms with van der Waals surface area (Å²) in [4.78, 5) is 19.7. The number of thiazole rings is 1. The summed E-state index contributed by atoms with van der Waals surface area (Å²) in [5.74, 6) is -0.930. The van der Waals surface area contributed by atoms with Crippen molar-refractivity contribution in [2.24, 2.45) is 0 Å². The van der Waals surface area contributed by atoms with Gasteiger partial charge in [-0.25, -0.2) is 14.8 Å². The monoisotopic (exact) mass is 273 g/mol. The number of carbonyl (C=O) groups is 1. The zero-order chi connectivity index (χ0) is 13.2. The lowest BCUT2D eigenvalue weighted by molar-refractivity contribution is 0.0698. The molecule has 3 rings (SSSR count). The molecule has 0 saturated heterocycles. The topological polar surface area (TPSA) is 68.0 Å². The average Bonchev–Trinajstić information content (AvgIpc) is 3.05. The second-order valence-electron chi connectivity index (χ2n) is 4.15. The molecule has 0 fully saturated rings. The molecule has 19 heavy (non-hydrogen) atoms. The number of imidazole rings is 1. The normalized spacial score (nSPS) is 10.9. The quantitative estimate of drug-likeness (QED) is 0.792. The summed E-state index contributed by atoms with van der Waals surface area (Å²) in [6.45, 7) is 0.671. The Labute approximate surface area is 113 Å². The van der Waals surface area contributed by atoms with Crippen LogP contribution in [0.3, 0.4) is 0 Å². The second-order valence-corrected chi connectivity index (χ2v) is 4.86. The summed E-state index contributed by atoms with van der Waals surface area (Å²) in [6.07, 6.45) is 2.45. The van der Waals surface area contributed by atoms with E-state index in [0.29, 0.717) is 17.6 Å². The predicted octanol–water partition coefficient (Wildman–Crippen LogP) is 2.43. The van der Waals surface area contributed by atoms with Crippen LogP contribution in [0, 0.1) is 0 Å². The molecule has 0 spiro atoms. The van der Waals surface area contributed by atoms with Crippen LogP contribution in [0.2, 0.25) is 0 Å². The lowest BCUT2D eigenvalue weighted by Crippen LogP contribution is -2.05. The van der Waals surface area contributed by atoms with Crippen LogP contribution in [0.1, 0.15) is 16.1 Å². The molecule has 0 amide bonds. The predicted molar refractivity (Wildman–Crippen MR) is 72.5 cm³/mol. The first-order valence-corrected chi connectivity index (χ1v) is 6.74. The van der Waals surface area contributed by atoms with E-state index in [0.717, 1.165) is 12.1 Å². The number of hydrogen-bond acceptors (Lipinski definition) is 4. The number of rotatable bonds is 4. The highest BCUT2D eigenvalue weighted by Crippen LogP contribution is 2.18. The van der Waals surface area contributed by atoms with Crippen molar-refractivity contribution in [2.45, 2.75) is 13.0 Å². The van der Waals surface area contributed by atoms with E-state index in [-0.39, 0.29) is 5.56 Å². The number of hydrogen-bond donors (Lipinski definition) is 1. The fraction of sp³-hybridized carbons (Fsp3) is 0.154. The number of fused-ring (bicyclic) bond motifs is 1. The summed E-state index contributed by atoms with van der Waals surface area (Å²) in [7, 11) is 0. The van der Waals surface area contributed by atoms with Crippen molar-refractivity contribution in [1.82, 2.24) is 14.5 Å². The summed E-state index contributed by atoms with van der Waals surface area (Å²) < 4.78 is 1.87. The third-order valence-electron chi connectivity index (χ3n) is 2.96. The summed E-state index contributed by atoms with van der Waals surface area (Å²) in [6, 6.07) is 5.14. The van der Waals surface area contributed by atoms with Crippen LogP contribution in [0.15, 0.2) is 35.4 Å². The van der Waals surface area contributed by atoms with Crippen molar-refractivity contribution < 1.29 is 9.90 Å². The lowest BCUT2D eigenvalue weighted by atomic mass is 10.2. The third-order valence-corrected chi connectivity index (χ3v) is 3.60. The Morgan fingerprint density at radius 3 is 3.00 bits per heavy atom. The second kappa shape index (κ2) is 4.81. The maximum absolute atomic E-state index is 11.2. The van der Waals surface area contributed by atoms with Gasteiger partial charge in [-0.3, -0.25) is 0 Å². The van der Waals surface area contributed by atoms with E-state index in [1.54, 1.807) is 35.3 Å². The van der Waals surface area contributed by atoms with Crippen molar-refractivity contribution >= 4 is 28.3 Å². The molecule has 1 aromatic carbocycles. The molecule has 0 radical (unpaired) electrons. The summed E-state index contributed by atoms with van der Waals surface area (Å²) in [5.41, 5.74) is 4.47. The zero-order valence-electron chi connectivity index (χ0n) is 9.98. The van der Waals surface area contributed by atoms with Gasteiger partial charge in [-0.2, -0.15) is 0 Å². The number of carboxylic acids is 1. The molecule has 96 valence electrons. The number of benzene rings is 1. The van der Waals surface area contributed by atoms with Gasteiger partial charge in [0.2, 0.25) is 0 Å². The average molecular weight is 273 g/mol. The van der Waals surface area contributed by atoms with Crippen LogP contribution >= 0.6 is 11.3 Å². The van der Waals surface area contributed by atoms with E-state index in [4.69, 9.17) is 0 Å². The van der Waals surface area contributed by atoms with Gasteiger partial charge < -0.3 is 9.67 Å². The number of aryl methyl sites for hydroxylation is 2. The standard InChI is InChI=1S/C13H11N3O2S/c17-13(18)10-2-1-3-11-12(10)16(7-14-11)5-4-9-6-19-8-15-9/h1-3,6-8H,4-5H2,(H,17,18). The minimum absolute atomic E-state index is 0.285. The van der Waals surface area contributed by atoms with Gasteiger partial charge in [-0.05, 0) is 12.1 Å². The van der Waals surface area contributed by atoms with Gasteiger partial charge in [0, 0.05) is 18.3 Å². The van der Waals surface area contributed by atoms with Gasteiger partial charge >= 0.3 is 5.97 Å². The number of para-hydroxylation sites is 1. The highest BCUT2D eigenvalue weighted by Gasteiger charge is 2.13. The molecule has 0 saturated carbocycles. The van der Waals surface area contributed by atoms with E-state index in [1.165, 1.54) is 0 Å². The number of aromatic carboxylic acids is 1. The van der Waals surface area contributed by atoms with Gasteiger partial charge in [0.15, 0.2) is 0 Å². The Morgan fingerprint density at radius 1 is 1.37 bits per heavy atom. The SMILES string of the molecule is O=C(O)c1cccc2ncn(CCc3cscn3)c12. The van der Waals surface area contributed by atoms with Crippen LogP contribution < -0.4 is 0 Å². The van der Waals surface area contributed by atoms with Crippen molar-refractivity contribution in [1.29, 1.82) is 0 Å². The smallest absolute Gasteiger partial charge is 0.337 e. The van der Waals surface area contributed by atoms with Crippen LogP contribution in [0.5, 0.6) is 0 Å². The minimum Gasteiger partial charge on any atom is -0.478 e. The Bertz CT molecular complexity index is 719. The van der Waals surface area contributed by atoms with Gasteiger partial charge in [0.1, 0.15) is 0 Å². The molecule has 0 atom stereocenters. The van der Waals surface area contributed by atoms with Crippen LogP contribution in [0.25, 0.3) is 11.0 Å². The maximum Gasteiger partial charge on any atom is 0.337 e. The molecule has 0 aliphatic rings. The molecule has 2 aromatic heterocycles. The number of nitrogens with zero attached hydrogens (tertiary/aromatic N) is 3. The molecular formula is C13H11N3O2S. The molecule has 0 aliphatic carbocycles. The van der Waals surface area contributed by atoms with Gasteiger partial charge in [-0.1, -0.05) is 6.07 Å². The van der Waals surface area contributed by atoms with Crippen LogP contribution in [-0.4, -0.2) is 25.6 Å². The third kappa shape index (κ3) is 2.22. The van der Waals surface area contributed by atoms with Crippen molar-refractivity contribution in [3.05, 3.63) is 46.7 Å². The van der Waals surface area contributed by atoms with Gasteiger partial charge in [-0.15, -0.1) is 11.3 Å². The highest BCUT2D eigenvalue weighted by atomic mass is 32.1. The lowest BCUT2D eigenvalue weighted by Gasteiger charge is -2.05.